The summed E-state index contributed by atoms with van der Waals surface area (Å²) < 4.78 is 5.67. The lowest BCUT2D eigenvalue weighted by Gasteiger charge is -2.23. The minimum Gasteiger partial charge on any atom is -0.619 e. The minimum atomic E-state index is -0.622. The maximum absolute atomic E-state index is 12.8. The standard InChI is InChI=1S/C25H26N4O4/c1-16(22(25(31)33-2)15-17-4-3-5-21(14-17)23(26)27)28-24(30)20-8-6-18(7-9-20)19-10-12-29(32)13-11-19/h3-14,16,22H,15H2,1-2H3,(H3,26,27)(H,28,30)/t16-,22+/m1/s1. The van der Waals surface area contributed by atoms with Gasteiger partial charge in [-0.3, -0.25) is 15.0 Å². The van der Waals surface area contributed by atoms with E-state index in [4.69, 9.17) is 15.9 Å². The number of amidine groups is 1. The van der Waals surface area contributed by atoms with Gasteiger partial charge >= 0.3 is 5.97 Å². The number of nitrogens with zero attached hydrogens (tertiary/aromatic N) is 1. The Morgan fingerprint density at radius 2 is 1.70 bits per heavy atom. The number of methoxy groups -OCH3 is 1. The van der Waals surface area contributed by atoms with Gasteiger partial charge in [0.1, 0.15) is 5.84 Å². The molecule has 0 aliphatic rings. The van der Waals surface area contributed by atoms with E-state index in [0.717, 1.165) is 16.7 Å². The minimum absolute atomic E-state index is 0.0565. The third-order valence-electron chi connectivity index (χ3n) is 5.44. The van der Waals surface area contributed by atoms with E-state index in [0.29, 0.717) is 22.3 Å². The first kappa shape index (κ1) is 23.5. The summed E-state index contributed by atoms with van der Waals surface area (Å²) in [6.07, 6.45) is 3.15. The zero-order chi connectivity index (χ0) is 24.0. The number of nitrogens with two attached hydrogens (primary N) is 1. The van der Waals surface area contributed by atoms with Crippen molar-refractivity contribution in [3.8, 4) is 11.1 Å². The van der Waals surface area contributed by atoms with Gasteiger partial charge in [-0.15, -0.1) is 0 Å². The zero-order valence-corrected chi connectivity index (χ0v) is 18.4. The largest absolute Gasteiger partial charge is 0.619 e. The molecular formula is C25H26N4O4. The van der Waals surface area contributed by atoms with Gasteiger partial charge in [-0.05, 0) is 48.2 Å². The van der Waals surface area contributed by atoms with Crippen LogP contribution < -0.4 is 15.8 Å². The number of hydrogen-bond donors (Lipinski definition) is 3. The number of benzene rings is 2. The second kappa shape index (κ2) is 10.4. The fraction of sp³-hybridized carbons (Fsp3) is 0.200. The Morgan fingerprint density at radius 1 is 1.06 bits per heavy atom. The Bertz CT molecular complexity index is 1140. The molecule has 2 aromatic carbocycles. The van der Waals surface area contributed by atoms with Gasteiger partial charge in [0.25, 0.3) is 5.91 Å². The third-order valence-corrected chi connectivity index (χ3v) is 5.44. The number of carbonyl (C=O) groups excluding carboxylic acids is 2. The van der Waals surface area contributed by atoms with E-state index in [1.54, 1.807) is 61.5 Å². The van der Waals surface area contributed by atoms with Gasteiger partial charge in [-0.2, -0.15) is 4.73 Å². The summed E-state index contributed by atoms with van der Waals surface area (Å²) >= 11 is 0. The number of rotatable bonds is 8. The number of hydrogen-bond acceptors (Lipinski definition) is 5. The second-order valence-electron chi connectivity index (χ2n) is 7.73. The van der Waals surface area contributed by atoms with Crippen LogP contribution in [0.25, 0.3) is 11.1 Å². The number of nitrogens with one attached hydrogen (secondary N) is 2. The fourth-order valence-corrected chi connectivity index (χ4v) is 3.55. The van der Waals surface area contributed by atoms with Gasteiger partial charge in [0.15, 0.2) is 12.4 Å². The molecule has 3 rings (SSSR count). The van der Waals surface area contributed by atoms with E-state index in [2.05, 4.69) is 5.32 Å². The van der Waals surface area contributed by atoms with Crippen LogP contribution in [0.1, 0.15) is 28.4 Å². The van der Waals surface area contributed by atoms with Gasteiger partial charge < -0.3 is 21.0 Å². The highest BCUT2D eigenvalue weighted by atomic mass is 16.5. The van der Waals surface area contributed by atoms with Crippen LogP contribution in [0.5, 0.6) is 0 Å². The summed E-state index contributed by atoms with van der Waals surface area (Å²) in [5.74, 6) is -1.43. The van der Waals surface area contributed by atoms with Crippen molar-refractivity contribution in [2.45, 2.75) is 19.4 Å². The molecule has 0 bridgehead atoms. The highest BCUT2D eigenvalue weighted by Gasteiger charge is 2.28. The van der Waals surface area contributed by atoms with E-state index in [9.17, 15) is 14.8 Å². The molecule has 170 valence electrons. The van der Waals surface area contributed by atoms with E-state index in [1.807, 2.05) is 6.07 Å². The molecule has 0 saturated carbocycles. The van der Waals surface area contributed by atoms with Crippen molar-refractivity contribution in [3.05, 3.63) is 95.0 Å². The van der Waals surface area contributed by atoms with Gasteiger partial charge in [0, 0.05) is 29.3 Å². The maximum Gasteiger partial charge on any atom is 0.311 e. The fourth-order valence-electron chi connectivity index (χ4n) is 3.55. The average molecular weight is 447 g/mol. The Morgan fingerprint density at radius 3 is 2.30 bits per heavy atom. The summed E-state index contributed by atoms with van der Waals surface area (Å²) in [5, 5.41) is 21.7. The van der Waals surface area contributed by atoms with Crippen molar-refractivity contribution in [1.29, 1.82) is 5.41 Å². The van der Waals surface area contributed by atoms with Crippen molar-refractivity contribution < 1.29 is 19.1 Å². The number of pyridine rings is 1. The average Bonchev–Trinajstić information content (AvgIpc) is 2.82. The predicted octanol–water partition coefficient (Wildman–Crippen LogP) is 2.42. The smallest absolute Gasteiger partial charge is 0.311 e. The lowest BCUT2D eigenvalue weighted by Crippen LogP contribution is -2.42. The lowest BCUT2D eigenvalue weighted by molar-refractivity contribution is -0.605. The molecular weight excluding hydrogens is 420 g/mol. The quantitative estimate of drug-likeness (QED) is 0.161. The molecule has 8 nitrogen and oxygen atoms in total. The highest BCUT2D eigenvalue weighted by Crippen LogP contribution is 2.20. The third kappa shape index (κ3) is 5.94. The first-order valence-corrected chi connectivity index (χ1v) is 10.4. The number of aromatic nitrogens is 1. The first-order chi connectivity index (χ1) is 15.8. The van der Waals surface area contributed by atoms with Crippen LogP contribution in [0.2, 0.25) is 0 Å². The Kier molecular flexibility index (Phi) is 7.40. The molecule has 0 aliphatic carbocycles. The normalized spacial score (nSPS) is 12.4. The molecule has 1 heterocycles. The van der Waals surface area contributed by atoms with Crippen LogP contribution in [0, 0.1) is 16.5 Å². The summed E-state index contributed by atoms with van der Waals surface area (Å²) in [6, 6.07) is 17.0. The monoisotopic (exact) mass is 446 g/mol. The van der Waals surface area contributed by atoms with Crippen LogP contribution in [-0.2, 0) is 16.0 Å². The van der Waals surface area contributed by atoms with Crippen molar-refractivity contribution in [2.24, 2.45) is 11.7 Å². The number of nitrogen functional groups attached to an aromatic ring is 1. The summed E-state index contributed by atoms with van der Waals surface area (Å²) in [5.41, 5.74) is 9.12. The summed E-state index contributed by atoms with van der Waals surface area (Å²) in [6.45, 7) is 1.75. The Labute approximate surface area is 192 Å². The molecule has 0 unspecified atom stereocenters. The van der Waals surface area contributed by atoms with Crippen LogP contribution in [0.4, 0.5) is 0 Å². The van der Waals surface area contributed by atoms with Crippen LogP contribution >= 0.6 is 0 Å². The maximum atomic E-state index is 12.8. The van der Waals surface area contributed by atoms with E-state index < -0.39 is 17.9 Å². The lowest BCUT2D eigenvalue weighted by atomic mass is 9.92. The molecule has 3 aromatic rings. The molecule has 0 radical (unpaired) electrons. The van der Waals surface area contributed by atoms with Gasteiger partial charge in [-0.1, -0.05) is 30.3 Å². The highest BCUT2D eigenvalue weighted by molar-refractivity contribution is 5.95. The summed E-state index contributed by atoms with van der Waals surface area (Å²) in [4.78, 5) is 25.3. The van der Waals surface area contributed by atoms with Crippen molar-refractivity contribution in [3.63, 3.8) is 0 Å². The zero-order valence-electron chi connectivity index (χ0n) is 18.4. The Balaban J connectivity index is 1.72. The Hall–Kier alpha value is -4.20. The van der Waals surface area contributed by atoms with Gasteiger partial charge in [0.05, 0.1) is 13.0 Å². The molecule has 0 aliphatic heterocycles. The van der Waals surface area contributed by atoms with E-state index in [-0.39, 0.29) is 11.7 Å². The molecule has 8 heteroatoms. The van der Waals surface area contributed by atoms with Gasteiger partial charge in [0.2, 0.25) is 0 Å². The SMILES string of the molecule is COC(=O)[C@@H](Cc1cccc(C(=N)N)c1)[C@@H](C)NC(=O)c1ccc(-c2cc[n+]([O-])cc2)cc1. The summed E-state index contributed by atoms with van der Waals surface area (Å²) in [7, 11) is 1.31. The van der Waals surface area contributed by atoms with Crippen LogP contribution in [0.15, 0.2) is 73.1 Å². The van der Waals surface area contributed by atoms with E-state index >= 15 is 0 Å². The first-order valence-electron chi connectivity index (χ1n) is 10.4. The predicted molar refractivity (Wildman–Crippen MR) is 124 cm³/mol. The molecule has 1 aromatic heterocycles. The molecule has 0 saturated heterocycles. The molecule has 1 amide bonds. The van der Waals surface area contributed by atoms with E-state index in [1.165, 1.54) is 19.5 Å². The number of carbonyl (C=O) groups is 2. The van der Waals surface area contributed by atoms with Crippen molar-refractivity contribution >= 4 is 17.7 Å². The topological polar surface area (TPSA) is 132 Å². The van der Waals surface area contributed by atoms with Crippen LogP contribution in [-0.4, -0.2) is 30.9 Å². The number of amides is 1. The molecule has 0 spiro atoms. The second-order valence-corrected chi connectivity index (χ2v) is 7.73. The molecule has 33 heavy (non-hydrogen) atoms. The van der Waals surface area contributed by atoms with Crippen molar-refractivity contribution in [1.82, 2.24) is 5.32 Å². The number of ether oxygens (including phenoxy) is 1. The molecule has 4 N–H and O–H groups in total. The number of esters is 1. The van der Waals surface area contributed by atoms with Crippen molar-refractivity contribution in [2.75, 3.05) is 7.11 Å². The molecule has 2 atom stereocenters. The van der Waals surface area contributed by atoms with Gasteiger partial charge in [-0.25, -0.2) is 0 Å². The molecule has 0 fully saturated rings. The van der Waals surface area contributed by atoms with Crippen LogP contribution in [0.3, 0.4) is 0 Å².